The summed E-state index contributed by atoms with van der Waals surface area (Å²) in [6.45, 7) is 2.69. The predicted octanol–water partition coefficient (Wildman–Crippen LogP) is 3.84. The number of nitrogens with zero attached hydrogens (tertiary/aromatic N) is 1. The van der Waals surface area contributed by atoms with Crippen molar-refractivity contribution in [2.75, 3.05) is 6.54 Å². The van der Waals surface area contributed by atoms with Crippen LogP contribution in [0.3, 0.4) is 0 Å². The Morgan fingerprint density at radius 1 is 1.28 bits per heavy atom. The van der Waals surface area contributed by atoms with Gasteiger partial charge in [0.25, 0.3) is 0 Å². The largest absolute Gasteiger partial charge is 0.308 e. The lowest BCUT2D eigenvalue weighted by molar-refractivity contribution is 0.504. The highest BCUT2D eigenvalue weighted by atomic mass is 32.1. The number of nitriles is 1. The number of rotatable bonds is 6. The molecule has 0 bridgehead atoms. The lowest BCUT2D eigenvalue weighted by Gasteiger charge is -2.17. The maximum atomic E-state index is 8.85. The zero-order valence-corrected chi connectivity index (χ0v) is 11.9. The van der Waals surface area contributed by atoms with Crippen molar-refractivity contribution < 1.29 is 0 Å². The molecule has 2 heterocycles. The topological polar surface area (TPSA) is 35.8 Å². The van der Waals surface area contributed by atoms with E-state index in [1.54, 1.807) is 22.7 Å². The summed E-state index contributed by atoms with van der Waals surface area (Å²) in [5.41, 5.74) is 0. The van der Waals surface area contributed by atoms with Crippen LogP contribution in [0.5, 0.6) is 0 Å². The third-order valence-corrected chi connectivity index (χ3v) is 4.65. The quantitative estimate of drug-likeness (QED) is 0.870. The van der Waals surface area contributed by atoms with Crippen LogP contribution < -0.4 is 5.32 Å². The van der Waals surface area contributed by atoms with E-state index in [0.29, 0.717) is 6.04 Å². The van der Waals surface area contributed by atoms with Crippen LogP contribution in [0.25, 0.3) is 0 Å². The molecule has 0 fully saturated rings. The van der Waals surface area contributed by atoms with Gasteiger partial charge in [-0.05, 0) is 29.8 Å². The maximum Gasteiger partial charge on any atom is 0.0666 e. The lowest BCUT2D eigenvalue weighted by atomic mass is 10.1. The number of thiophene rings is 2. The van der Waals surface area contributed by atoms with Crippen molar-refractivity contribution in [2.24, 2.45) is 5.92 Å². The first-order chi connectivity index (χ1) is 8.79. The molecular weight excluding hydrogens is 260 g/mol. The summed E-state index contributed by atoms with van der Waals surface area (Å²) < 4.78 is 0. The third-order valence-electron chi connectivity index (χ3n) is 2.76. The molecule has 18 heavy (non-hydrogen) atoms. The van der Waals surface area contributed by atoms with Crippen LogP contribution in [0.15, 0.2) is 35.0 Å². The normalized spacial score (nSPS) is 14.0. The zero-order chi connectivity index (χ0) is 12.8. The number of nitrogens with one attached hydrogen (secondary N) is 1. The smallest absolute Gasteiger partial charge is 0.0666 e. The summed E-state index contributed by atoms with van der Waals surface area (Å²) in [5.74, 6) is 0.0517. The fraction of sp³-hybridized carbons (Fsp3) is 0.357. The summed E-state index contributed by atoms with van der Waals surface area (Å²) in [7, 11) is 0. The molecular formula is C14H16N2S2. The Morgan fingerprint density at radius 3 is 2.67 bits per heavy atom. The van der Waals surface area contributed by atoms with Gasteiger partial charge in [0.15, 0.2) is 0 Å². The van der Waals surface area contributed by atoms with Crippen molar-refractivity contribution in [3.8, 4) is 6.07 Å². The van der Waals surface area contributed by atoms with E-state index in [0.717, 1.165) is 13.0 Å². The zero-order valence-electron chi connectivity index (χ0n) is 10.3. The van der Waals surface area contributed by atoms with Gasteiger partial charge in [0.05, 0.1) is 12.0 Å². The summed E-state index contributed by atoms with van der Waals surface area (Å²) >= 11 is 3.56. The molecule has 2 unspecified atom stereocenters. The molecule has 2 aromatic rings. The standard InChI is InChI=1S/C14H16N2S2/c1-11(9-15)10-16-13(14-5-3-7-18-14)8-12-4-2-6-17-12/h2-7,11,13,16H,8,10H2,1H3. The Morgan fingerprint density at radius 2 is 2.06 bits per heavy atom. The van der Waals surface area contributed by atoms with E-state index in [1.807, 2.05) is 6.92 Å². The minimum atomic E-state index is 0.0517. The highest BCUT2D eigenvalue weighted by Crippen LogP contribution is 2.25. The van der Waals surface area contributed by atoms with Gasteiger partial charge < -0.3 is 5.32 Å². The molecule has 94 valence electrons. The van der Waals surface area contributed by atoms with E-state index in [1.165, 1.54) is 9.75 Å². The van der Waals surface area contributed by atoms with Crippen LogP contribution in [0.1, 0.15) is 22.7 Å². The monoisotopic (exact) mass is 276 g/mol. The van der Waals surface area contributed by atoms with Gasteiger partial charge in [0.2, 0.25) is 0 Å². The van der Waals surface area contributed by atoms with Crippen molar-refractivity contribution in [1.82, 2.24) is 5.32 Å². The first kappa shape index (κ1) is 13.3. The first-order valence-electron chi connectivity index (χ1n) is 5.98. The molecule has 0 saturated heterocycles. The highest BCUT2D eigenvalue weighted by molar-refractivity contribution is 7.10. The van der Waals surface area contributed by atoms with Crippen molar-refractivity contribution in [2.45, 2.75) is 19.4 Å². The predicted molar refractivity (Wildman–Crippen MR) is 77.9 cm³/mol. The Labute approximate surface area is 116 Å². The third kappa shape index (κ3) is 3.67. The minimum absolute atomic E-state index is 0.0517. The van der Waals surface area contributed by atoms with Crippen LogP contribution in [0, 0.1) is 17.2 Å². The maximum absolute atomic E-state index is 8.85. The molecule has 1 N–H and O–H groups in total. The van der Waals surface area contributed by atoms with Gasteiger partial charge in [0, 0.05) is 28.8 Å². The minimum Gasteiger partial charge on any atom is -0.308 e. The van der Waals surface area contributed by atoms with Crippen molar-refractivity contribution in [1.29, 1.82) is 5.26 Å². The van der Waals surface area contributed by atoms with Crippen molar-refractivity contribution >= 4 is 22.7 Å². The average molecular weight is 276 g/mol. The fourth-order valence-electron chi connectivity index (χ4n) is 1.76. The fourth-order valence-corrected chi connectivity index (χ4v) is 3.31. The van der Waals surface area contributed by atoms with Gasteiger partial charge in [-0.25, -0.2) is 0 Å². The molecule has 4 heteroatoms. The molecule has 0 aliphatic rings. The second kappa shape index (κ2) is 6.69. The van der Waals surface area contributed by atoms with Crippen LogP contribution >= 0.6 is 22.7 Å². The van der Waals surface area contributed by atoms with Gasteiger partial charge in [-0.3, -0.25) is 0 Å². The Balaban J connectivity index is 2.02. The Bertz CT molecular complexity index is 482. The van der Waals surface area contributed by atoms with Crippen molar-refractivity contribution in [3.05, 3.63) is 44.8 Å². The van der Waals surface area contributed by atoms with E-state index in [2.05, 4.69) is 46.4 Å². The number of hydrogen-bond donors (Lipinski definition) is 1. The summed E-state index contributed by atoms with van der Waals surface area (Å²) in [4.78, 5) is 2.72. The second-order valence-corrected chi connectivity index (χ2v) is 6.30. The molecule has 0 spiro atoms. The van der Waals surface area contributed by atoms with Gasteiger partial charge >= 0.3 is 0 Å². The average Bonchev–Trinajstić information content (AvgIpc) is 3.06. The van der Waals surface area contributed by atoms with Gasteiger partial charge in [0.1, 0.15) is 0 Å². The molecule has 0 aliphatic carbocycles. The SMILES string of the molecule is CC(C#N)CNC(Cc1cccs1)c1cccs1. The van der Waals surface area contributed by atoms with Crippen LogP contribution in [0.4, 0.5) is 0 Å². The van der Waals surface area contributed by atoms with E-state index >= 15 is 0 Å². The van der Waals surface area contributed by atoms with Crippen LogP contribution in [-0.2, 0) is 6.42 Å². The van der Waals surface area contributed by atoms with E-state index in [4.69, 9.17) is 5.26 Å². The van der Waals surface area contributed by atoms with Crippen LogP contribution in [-0.4, -0.2) is 6.54 Å². The number of hydrogen-bond acceptors (Lipinski definition) is 4. The molecule has 2 aromatic heterocycles. The first-order valence-corrected chi connectivity index (χ1v) is 7.74. The van der Waals surface area contributed by atoms with Crippen molar-refractivity contribution in [3.63, 3.8) is 0 Å². The molecule has 0 radical (unpaired) electrons. The Kier molecular flexibility index (Phi) is 4.94. The van der Waals surface area contributed by atoms with Gasteiger partial charge in [-0.1, -0.05) is 12.1 Å². The molecule has 0 saturated carbocycles. The molecule has 2 nitrogen and oxygen atoms in total. The van der Waals surface area contributed by atoms with E-state index in [-0.39, 0.29) is 5.92 Å². The van der Waals surface area contributed by atoms with Crippen LogP contribution in [0.2, 0.25) is 0 Å². The summed E-state index contributed by atoms with van der Waals surface area (Å²) in [6.07, 6.45) is 0.996. The second-order valence-electron chi connectivity index (χ2n) is 4.29. The molecule has 2 rings (SSSR count). The summed E-state index contributed by atoms with van der Waals surface area (Å²) in [5, 5.41) is 16.6. The van der Waals surface area contributed by atoms with E-state index in [9.17, 15) is 0 Å². The van der Waals surface area contributed by atoms with Gasteiger partial charge in [-0.15, -0.1) is 22.7 Å². The molecule has 0 aliphatic heterocycles. The summed E-state index contributed by atoms with van der Waals surface area (Å²) in [6, 6.07) is 11.1. The lowest BCUT2D eigenvalue weighted by Crippen LogP contribution is -2.26. The highest BCUT2D eigenvalue weighted by Gasteiger charge is 2.14. The molecule has 0 aromatic carbocycles. The molecule has 0 amide bonds. The van der Waals surface area contributed by atoms with Gasteiger partial charge in [-0.2, -0.15) is 5.26 Å². The Hall–Kier alpha value is -1.15. The van der Waals surface area contributed by atoms with E-state index < -0.39 is 0 Å². The molecule has 2 atom stereocenters.